The Hall–Kier alpha value is -2.04. The Kier molecular flexibility index (Phi) is 7.43. The third kappa shape index (κ3) is 6.61. The van der Waals surface area contributed by atoms with Crippen molar-refractivity contribution < 1.29 is 19.4 Å². The molecule has 0 aromatic heterocycles. The van der Waals surface area contributed by atoms with Gasteiger partial charge in [0.15, 0.2) is 0 Å². The van der Waals surface area contributed by atoms with Gasteiger partial charge in [-0.05, 0) is 37.5 Å². The highest BCUT2D eigenvalue weighted by molar-refractivity contribution is 5.77. The summed E-state index contributed by atoms with van der Waals surface area (Å²) < 4.78 is 5.62. The molecule has 0 spiro atoms. The SMILES string of the molecule is Cc1cccc(OCCCCC(=O)N(C)CC(C)C(=O)O)c1. The summed E-state index contributed by atoms with van der Waals surface area (Å²) in [5.41, 5.74) is 1.15. The molecule has 0 aliphatic heterocycles. The van der Waals surface area contributed by atoms with Gasteiger partial charge in [-0.2, -0.15) is 0 Å². The van der Waals surface area contributed by atoms with E-state index in [0.29, 0.717) is 13.0 Å². The Balaban J connectivity index is 2.18. The molecule has 0 heterocycles. The fraction of sp³-hybridized carbons (Fsp3) is 0.529. The molecule has 1 aromatic rings. The molecule has 0 aliphatic carbocycles. The minimum atomic E-state index is -0.883. The number of hydrogen-bond acceptors (Lipinski definition) is 3. The van der Waals surface area contributed by atoms with Gasteiger partial charge in [-0.25, -0.2) is 0 Å². The summed E-state index contributed by atoms with van der Waals surface area (Å²) in [6.07, 6.45) is 1.94. The van der Waals surface area contributed by atoms with Crippen LogP contribution in [-0.2, 0) is 9.59 Å². The average Bonchev–Trinajstić information content (AvgIpc) is 2.46. The van der Waals surface area contributed by atoms with Gasteiger partial charge in [0, 0.05) is 20.0 Å². The zero-order valence-electron chi connectivity index (χ0n) is 13.5. The fourth-order valence-corrected chi connectivity index (χ4v) is 2.05. The van der Waals surface area contributed by atoms with Crippen molar-refractivity contribution in [3.8, 4) is 5.75 Å². The highest BCUT2D eigenvalue weighted by Gasteiger charge is 2.16. The van der Waals surface area contributed by atoms with Gasteiger partial charge in [0.1, 0.15) is 5.75 Å². The molecule has 0 aliphatic rings. The van der Waals surface area contributed by atoms with Crippen molar-refractivity contribution in [2.45, 2.75) is 33.1 Å². The topological polar surface area (TPSA) is 66.8 Å². The Labute approximate surface area is 131 Å². The molecule has 0 bridgehead atoms. The van der Waals surface area contributed by atoms with Crippen LogP contribution in [0, 0.1) is 12.8 Å². The van der Waals surface area contributed by atoms with E-state index in [2.05, 4.69) is 0 Å². The molecule has 1 aromatic carbocycles. The van der Waals surface area contributed by atoms with Crippen molar-refractivity contribution in [1.82, 2.24) is 4.90 Å². The van der Waals surface area contributed by atoms with Crippen molar-refractivity contribution in [1.29, 1.82) is 0 Å². The molecule has 1 N–H and O–H groups in total. The molecule has 0 fully saturated rings. The second-order valence-corrected chi connectivity index (χ2v) is 5.64. The van der Waals surface area contributed by atoms with Gasteiger partial charge in [-0.3, -0.25) is 9.59 Å². The number of amides is 1. The number of hydrogen-bond donors (Lipinski definition) is 1. The van der Waals surface area contributed by atoms with Gasteiger partial charge in [-0.15, -0.1) is 0 Å². The third-order valence-corrected chi connectivity index (χ3v) is 3.44. The van der Waals surface area contributed by atoms with Crippen LogP contribution in [0.1, 0.15) is 31.7 Å². The predicted molar refractivity (Wildman–Crippen MR) is 85.0 cm³/mol. The fourth-order valence-electron chi connectivity index (χ4n) is 2.05. The largest absolute Gasteiger partial charge is 0.494 e. The van der Waals surface area contributed by atoms with Gasteiger partial charge in [-0.1, -0.05) is 19.1 Å². The maximum absolute atomic E-state index is 11.9. The first kappa shape index (κ1) is 18.0. The number of aliphatic carboxylic acids is 1. The Morgan fingerprint density at radius 2 is 2.05 bits per heavy atom. The molecule has 1 unspecified atom stereocenters. The van der Waals surface area contributed by atoms with Crippen molar-refractivity contribution in [3.63, 3.8) is 0 Å². The van der Waals surface area contributed by atoms with Gasteiger partial charge in [0.2, 0.25) is 5.91 Å². The molecular formula is C17H25NO4. The number of carboxylic acids is 1. The van der Waals surface area contributed by atoms with Crippen molar-refractivity contribution in [2.24, 2.45) is 5.92 Å². The molecular weight excluding hydrogens is 282 g/mol. The number of benzene rings is 1. The number of nitrogens with zero attached hydrogens (tertiary/aromatic N) is 1. The molecule has 122 valence electrons. The van der Waals surface area contributed by atoms with E-state index in [1.165, 1.54) is 4.90 Å². The van der Waals surface area contributed by atoms with Crippen LogP contribution in [0.15, 0.2) is 24.3 Å². The third-order valence-electron chi connectivity index (χ3n) is 3.44. The molecule has 22 heavy (non-hydrogen) atoms. The minimum absolute atomic E-state index is 0.0244. The van der Waals surface area contributed by atoms with Crippen LogP contribution in [0.2, 0.25) is 0 Å². The summed E-state index contributed by atoms with van der Waals surface area (Å²) >= 11 is 0. The highest BCUT2D eigenvalue weighted by atomic mass is 16.5. The van der Waals surface area contributed by atoms with Crippen molar-refractivity contribution in [3.05, 3.63) is 29.8 Å². The zero-order chi connectivity index (χ0) is 16.5. The lowest BCUT2D eigenvalue weighted by molar-refractivity contribution is -0.142. The molecule has 0 saturated carbocycles. The second kappa shape index (κ2) is 9.07. The van der Waals surface area contributed by atoms with Crippen LogP contribution < -0.4 is 4.74 Å². The number of aryl methyl sites for hydroxylation is 1. The molecule has 5 nitrogen and oxygen atoms in total. The quantitative estimate of drug-likeness (QED) is 0.712. The van der Waals surface area contributed by atoms with E-state index in [-0.39, 0.29) is 12.5 Å². The number of carbonyl (C=O) groups is 2. The zero-order valence-corrected chi connectivity index (χ0v) is 13.5. The Morgan fingerprint density at radius 1 is 1.32 bits per heavy atom. The predicted octanol–water partition coefficient (Wildman–Crippen LogP) is 2.72. The molecule has 1 atom stereocenters. The van der Waals surface area contributed by atoms with Crippen LogP contribution in [-0.4, -0.2) is 42.1 Å². The van der Waals surface area contributed by atoms with E-state index in [1.807, 2.05) is 31.2 Å². The first-order valence-corrected chi connectivity index (χ1v) is 7.56. The molecule has 5 heteroatoms. The standard InChI is InChI=1S/C17H25NO4/c1-13-7-6-8-15(11-13)22-10-5-4-9-16(19)18(3)12-14(2)17(20)21/h6-8,11,14H,4-5,9-10,12H2,1-3H3,(H,20,21). The lowest BCUT2D eigenvalue weighted by atomic mass is 10.1. The number of ether oxygens (including phenoxy) is 1. The van der Waals surface area contributed by atoms with Gasteiger partial charge >= 0.3 is 5.97 Å². The number of rotatable bonds is 9. The molecule has 0 radical (unpaired) electrons. The van der Waals surface area contributed by atoms with E-state index < -0.39 is 11.9 Å². The van der Waals surface area contributed by atoms with Gasteiger partial charge in [0.25, 0.3) is 0 Å². The van der Waals surface area contributed by atoms with Crippen molar-refractivity contribution in [2.75, 3.05) is 20.2 Å². The Morgan fingerprint density at radius 3 is 2.68 bits per heavy atom. The van der Waals surface area contributed by atoms with Gasteiger partial charge in [0.05, 0.1) is 12.5 Å². The van der Waals surface area contributed by atoms with Crippen molar-refractivity contribution >= 4 is 11.9 Å². The Bertz CT molecular complexity index is 501. The van der Waals surface area contributed by atoms with E-state index in [4.69, 9.17) is 9.84 Å². The summed E-state index contributed by atoms with van der Waals surface area (Å²) in [4.78, 5) is 24.1. The smallest absolute Gasteiger partial charge is 0.308 e. The lowest BCUT2D eigenvalue weighted by Crippen LogP contribution is -2.33. The van der Waals surface area contributed by atoms with Crippen LogP contribution in [0.25, 0.3) is 0 Å². The lowest BCUT2D eigenvalue weighted by Gasteiger charge is -2.19. The minimum Gasteiger partial charge on any atom is -0.494 e. The summed E-state index contributed by atoms with van der Waals surface area (Å²) in [5, 5.41) is 8.83. The van der Waals surface area contributed by atoms with Crippen LogP contribution in [0.4, 0.5) is 0 Å². The average molecular weight is 307 g/mol. The summed E-state index contributed by atoms with van der Waals surface area (Å²) in [7, 11) is 1.64. The number of carbonyl (C=O) groups excluding carboxylic acids is 1. The van der Waals surface area contributed by atoms with E-state index in [9.17, 15) is 9.59 Å². The first-order valence-electron chi connectivity index (χ1n) is 7.56. The first-order chi connectivity index (χ1) is 10.4. The summed E-state index contributed by atoms with van der Waals surface area (Å²) in [6, 6.07) is 7.86. The monoisotopic (exact) mass is 307 g/mol. The number of unbranched alkanes of at least 4 members (excludes halogenated alkanes) is 1. The maximum Gasteiger partial charge on any atom is 0.308 e. The highest BCUT2D eigenvalue weighted by Crippen LogP contribution is 2.13. The van der Waals surface area contributed by atoms with E-state index in [0.717, 1.165) is 24.2 Å². The van der Waals surface area contributed by atoms with Crippen LogP contribution in [0.3, 0.4) is 0 Å². The molecule has 1 amide bonds. The normalized spacial score (nSPS) is 11.8. The summed E-state index contributed by atoms with van der Waals surface area (Å²) in [6.45, 7) is 4.43. The molecule has 0 saturated heterocycles. The number of carboxylic acid groups (broad SMARTS) is 1. The van der Waals surface area contributed by atoms with E-state index in [1.54, 1.807) is 14.0 Å². The second-order valence-electron chi connectivity index (χ2n) is 5.64. The molecule has 1 rings (SSSR count). The van der Waals surface area contributed by atoms with Crippen LogP contribution >= 0.6 is 0 Å². The van der Waals surface area contributed by atoms with Crippen LogP contribution in [0.5, 0.6) is 5.75 Å². The maximum atomic E-state index is 11.9. The summed E-state index contributed by atoms with van der Waals surface area (Å²) in [5.74, 6) is -0.604. The van der Waals surface area contributed by atoms with E-state index >= 15 is 0 Å². The van der Waals surface area contributed by atoms with Gasteiger partial charge < -0.3 is 14.7 Å².